The molecule has 0 unspecified atom stereocenters. The number of nitrogens with zero attached hydrogens (tertiary/aromatic N) is 4. The van der Waals surface area contributed by atoms with Gasteiger partial charge in [-0.15, -0.1) is 10.2 Å². The first-order valence-electron chi connectivity index (χ1n) is 9.08. The standard InChI is InChI=1S/C17H32N6O/c1-4-18-16(19-12-15-22-21-14(2)23(15)3)20-13-17(10-11-24)8-6-5-7-9-17/h24H,4-13H2,1-3H3,(H2,18,19,20). The number of aliphatic hydroxyl groups excluding tert-OH is 1. The molecular weight excluding hydrogens is 304 g/mol. The maximum Gasteiger partial charge on any atom is 0.191 e. The average molecular weight is 336 g/mol. The maximum absolute atomic E-state index is 9.45. The van der Waals surface area contributed by atoms with Crippen LogP contribution >= 0.6 is 0 Å². The number of aliphatic imine (C=N–C) groups is 1. The molecular formula is C17H32N6O. The molecule has 0 spiro atoms. The first-order valence-corrected chi connectivity index (χ1v) is 9.08. The molecule has 7 heteroatoms. The molecule has 0 bridgehead atoms. The van der Waals surface area contributed by atoms with Gasteiger partial charge in [0, 0.05) is 26.7 Å². The van der Waals surface area contributed by atoms with Crippen LogP contribution in [0.1, 0.15) is 57.1 Å². The van der Waals surface area contributed by atoms with Gasteiger partial charge in [0.2, 0.25) is 0 Å². The summed E-state index contributed by atoms with van der Waals surface area (Å²) in [5, 5.41) is 24.5. The maximum atomic E-state index is 9.45. The Bertz CT molecular complexity index is 528. The third kappa shape index (κ3) is 4.93. The smallest absolute Gasteiger partial charge is 0.191 e. The Labute approximate surface area is 145 Å². The quantitative estimate of drug-likeness (QED) is 0.519. The van der Waals surface area contributed by atoms with Crippen molar-refractivity contribution >= 4 is 5.96 Å². The average Bonchev–Trinajstić information content (AvgIpc) is 2.90. The van der Waals surface area contributed by atoms with E-state index in [1.807, 2.05) is 18.5 Å². The molecule has 1 saturated carbocycles. The molecule has 0 amide bonds. The van der Waals surface area contributed by atoms with Crippen molar-refractivity contribution in [3.63, 3.8) is 0 Å². The molecule has 1 heterocycles. The van der Waals surface area contributed by atoms with Crippen molar-refractivity contribution < 1.29 is 5.11 Å². The van der Waals surface area contributed by atoms with Crippen molar-refractivity contribution in [2.75, 3.05) is 19.7 Å². The largest absolute Gasteiger partial charge is 0.396 e. The molecule has 136 valence electrons. The van der Waals surface area contributed by atoms with E-state index in [1.165, 1.54) is 32.1 Å². The van der Waals surface area contributed by atoms with Crippen LogP contribution in [0.4, 0.5) is 0 Å². The zero-order valence-electron chi connectivity index (χ0n) is 15.3. The Balaban J connectivity index is 1.98. The van der Waals surface area contributed by atoms with Crippen molar-refractivity contribution in [1.29, 1.82) is 0 Å². The van der Waals surface area contributed by atoms with Gasteiger partial charge in [-0.2, -0.15) is 0 Å². The van der Waals surface area contributed by atoms with Gasteiger partial charge >= 0.3 is 0 Å². The zero-order valence-corrected chi connectivity index (χ0v) is 15.3. The van der Waals surface area contributed by atoms with Crippen LogP contribution in [0, 0.1) is 12.3 Å². The van der Waals surface area contributed by atoms with Gasteiger partial charge in [-0.25, -0.2) is 4.99 Å². The first-order chi connectivity index (χ1) is 11.6. The summed E-state index contributed by atoms with van der Waals surface area (Å²) >= 11 is 0. The van der Waals surface area contributed by atoms with Crippen LogP contribution in [0.5, 0.6) is 0 Å². The highest BCUT2D eigenvalue weighted by Gasteiger charge is 2.31. The zero-order chi connectivity index (χ0) is 17.4. The van der Waals surface area contributed by atoms with Gasteiger partial charge in [0.25, 0.3) is 0 Å². The molecule has 1 aliphatic carbocycles. The fraction of sp³-hybridized carbons (Fsp3) is 0.824. The van der Waals surface area contributed by atoms with E-state index < -0.39 is 0 Å². The Hall–Kier alpha value is -1.63. The van der Waals surface area contributed by atoms with E-state index in [9.17, 15) is 5.11 Å². The molecule has 0 aliphatic heterocycles. The molecule has 24 heavy (non-hydrogen) atoms. The van der Waals surface area contributed by atoms with Gasteiger partial charge in [-0.1, -0.05) is 19.3 Å². The minimum atomic E-state index is 0.199. The fourth-order valence-corrected chi connectivity index (χ4v) is 3.41. The molecule has 7 nitrogen and oxygen atoms in total. The SMILES string of the molecule is CCNC(=NCc1nnc(C)n1C)NCC1(CCO)CCCCC1. The van der Waals surface area contributed by atoms with Gasteiger partial charge in [-0.05, 0) is 38.5 Å². The second kappa shape index (κ2) is 9.01. The van der Waals surface area contributed by atoms with Crippen molar-refractivity contribution in [3.05, 3.63) is 11.6 Å². The number of aliphatic hydroxyl groups is 1. The highest BCUT2D eigenvalue weighted by molar-refractivity contribution is 5.79. The number of aryl methyl sites for hydroxylation is 1. The van der Waals surface area contributed by atoms with Crippen LogP contribution in [-0.4, -0.2) is 45.5 Å². The van der Waals surface area contributed by atoms with E-state index in [4.69, 9.17) is 0 Å². The number of nitrogens with one attached hydrogen (secondary N) is 2. The Kier molecular flexibility index (Phi) is 7.02. The van der Waals surface area contributed by atoms with Crippen LogP contribution in [0.3, 0.4) is 0 Å². The monoisotopic (exact) mass is 336 g/mol. The summed E-state index contributed by atoms with van der Waals surface area (Å²) in [4.78, 5) is 4.64. The molecule has 0 saturated heterocycles. The van der Waals surface area contributed by atoms with E-state index in [-0.39, 0.29) is 12.0 Å². The summed E-state index contributed by atoms with van der Waals surface area (Å²) in [5.74, 6) is 2.55. The van der Waals surface area contributed by atoms with E-state index in [0.29, 0.717) is 6.54 Å². The molecule has 1 aromatic heterocycles. The van der Waals surface area contributed by atoms with Crippen molar-refractivity contribution in [1.82, 2.24) is 25.4 Å². The first kappa shape index (κ1) is 18.7. The highest BCUT2D eigenvalue weighted by Crippen LogP contribution is 2.38. The molecule has 1 aromatic rings. The second-order valence-electron chi connectivity index (χ2n) is 6.81. The van der Waals surface area contributed by atoms with E-state index >= 15 is 0 Å². The molecule has 2 rings (SSSR count). The fourth-order valence-electron chi connectivity index (χ4n) is 3.41. The number of rotatable bonds is 7. The molecule has 0 atom stereocenters. The topological polar surface area (TPSA) is 87.4 Å². The molecule has 1 fully saturated rings. The summed E-state index contributed by atoms with van der Waals surface area (Å²) in [7, 11) is 1.96. The predicted octanol–water partition coefficient (Wildman–Crippen LogP) is 1.51. The lowest BCUT2D eigenvalue weighted by Crippen LogP contribution is -2.45. The van der Waals surface area contributed by atoms with Gasteiger partial charge in [0.05, 0.1) is 0 Å². The van der Waals surface area contributed by atoms with E-state index in [0.717, 1.165) is 37.1 Å². The summed E-state index contributed by atoms with van der Waals surface area (Å²) in [6.45, 7) is 6.43. The minimum absolute atomic E-state index is 0.199. The number of hydrogen-bond donors (Lipinski definition) is 3. The van der Waals surface area contributed by atoms with Crippen LogP contribution in [0.2, 0.25) is 0 Å². The third-order valence-corrected chi connectivity index (χ3v) is 5.09. The van der Waals surface area contributed by atoms with Crippen LogP contribution < -0.4 is 10.6 Å². The second-order valence-corrected chi connectivity index (χ2v) is 6.81. The number of guanidine groups is 1. The van der Waals surface area contributed by atoms with Crippen LogP contribution in [-0.2, 0) is 13.6 Å². The summed E-state index contributed by atoms with van der Waals surface area (Å²) in [6, 6.07) is 0. The van der Waals surface area contributed by atoms with Gasteiger partial charge < -0.3 is 20.3 Å². The van der Waals surface area contributed by atoms with E-state index in [1.54, 1.807) is 0 Å². The number of aromatic nitrogens is 3. The molecule has 3 N–H and O–H groups in total. The lowest BCUT2D eigenvalue weighted by molar-refractivity contribution is 0.131. The summed E-state index contributed by atoms with van der Waals surface area (Å²) in [6.07, 6.45) is 7.06. The minimum Gasteiger partial charge on any atom is -0.396 e. The van der Waals surface area contributed by atoms with Gasteiger partial charge in [0.1, 0.15) is 12.4 Å². The Morgan fingerprint density at radius 3 is 2.58 bits per heavy atom. The van der Waals surface area contributed by atoms with Crippen molar-refractivity contribution in [2.24, 2.45) is 17.5 Å². The lowest BCUT2D eigenvalue weighted by Gasteiger charge is -2.37. The van der Waals surface area contributed by atoms with Crippen LogP contribution in [0.15, 0.2) is 4.99 Å². The third-order valence-electron chi connectivity index (χ3n) is 5.09. The molecule has 1 aliphatic rings. The number of hydrogen-bond acceptors (Lipinski definition) is 4. The van der Waals surface area contributed by atoms with E-state index in [2.05, 4.69) is 32.7 Å². The van der Waals surface area contributed by atoms with Gasteiger partial charge in [-0.3, -0.25) is 0 Å². The Morgan fingerprint density at radius 2 is 2.00 bits per heavy atom. The predicted molar refractivity (Wildman–Crippen MR) is 95.8 cm³/mol. The van der Waals surface area contributed by atoms with Crippen molar-refractivity contribution in [3.8, 4) is 0 Å². The Morgan fingerprint density at radius 1 is 1.25 bits per heavy atom. The summed E-state index contributed by atoms with van der Waals surface area (Å²) < 4.78 is 1.96. The normalized spacial score (nSPS) is 17.8. The van der Waals surface area contributed by atoms with Crippen LogP contribution in [0.25, 0.3) is 0 Å². The van der Waals surface area contributed by atoms with Crippen molar-refractivity contribution in [2.45, 2.75) is 58.9 Å². The summed E-state index contributed by atoms with van der Waals surface area (Å²) in [5.41, 5.74) is 0.199. The van der Waals surface area contributed by atoms with Gasteiger partial charge in [0.15, 0.2) is 11.8 Å². The highest BCUT2D eigenvalue weighted by atomic mass is 16.3. The molecule has 0 aromatic carbocycles. The lowest BCUT2D eigenvalue weighted by atomic mass is 9.72. The molecule has 0 radical (unpaired) electrons.